The SMILES string of the molecule is Cc1noc2ncc(C(=O)N[C@@H](CC(N)=O)C(=O)O)cc12. The van der Waals surface area contributed by atoms with Gasteiger partial charge in [0.05, 0.1) is 23.1 Å². The van der Waals surface area contributed by atoms with Crippen LogP contribution in [0.5, 0.6) is 0 Å². The summed E-state index contributed by atoms with van der Waals surface area (Å²) in [6, 6.07) is 0.0847. The van der Waals surface area contributed by atoms with E-state index in [2.05, 4.69) is 15.5 Å². The molecule has 21 heavy (non-hydrogen) atoms. The first-order chi connectivity index (χ1) is 9.88. The second-order valence-corrected chi connectivity index (χ2v) is 4.38. The number of fused-ring (bicyclic) bond motifs is 1. The Morgan fingerprint density at radius 2 is 2.19 bits per heavy atom. The highest BCUT2D eigenvalue weighted by molar-refractivity contribution is 5.99. The van der Waals surface area contributed by atoms with Crippen LogP contribution in [0.15, 0.2) is 16.8 Å². The van der Waals surface area contributed by atoms with E-state index in [1.54, 1.807) is 6.92 Å². The van der Waals surface area contributed by atoms with E-state index >= 15 is 0 Å². The Hall–Kier alpha value is -2.97. The minimum atomic E-state index is -1.39. The first kappa shape index (κ1) is 14.4. The largest absolute Gasteiger partial charge is 0.480 e. The number of hydrogen-bond donors (Lipinski definition) is 3. The summed E-state index contributed by atoms with van der Waals surface area (Å²) < 4.78 is 4.91. The van der Waals surface area contributed by atoms with Gasteiger partial charge in [0.15, 0.2) is 0 Å². The molecule has 2 amide bonds. The fraction of sp³-hybridized carbons (Fsp3) is 0.250. The monoisotopic (exact) mass is 292 g/mol. The fourth-order valence-electron chi connectivity index (χ4n) is 1.71. The van der Waals surface area contributed by atoms with Gasteiger partial charge in [-0.3, -0.25) is 9.59 Å². The number of carboxylic acid groups (broad SMARTS) is 1. The molecule has 0 saturated heterocycles. The number of nitrogens with one attached hydrogen (secondary N) is 1. The highest BCUT2D eigenvalue weighted by Crippen LogP contribution is 2.16. The summed E-state index contributed by atoms with van der Waals surface area (Å²) >= 11 is 0. The zero-order valence-corrected chi connectivity index (χ0v) is 11.0. The summed E-state index contributed by atoms with van der Waals surface area (Å²) in [7, 11) is 0. The topological polar surface area (TPSA) is 148 Å². The van der Waals surface area contributed by atoms with Crippen molar-refractivity contribution >= 4 is 28.9 Å². The second kappa shape index (κ2) is 5.57. The molecule has 0 aliphatic carbocycles. The molecule has 2 aromatic rings. The van der Waals surface area contributed by atoms with Gasteiger partial charge in [-0.05, 0) is 13.0 Å². The van der Waals surface area contributed by atoms with E-state index in [4.69, 9.17) is 15.4 Å². The van der Waals surface area contributed by atoms with Gasteiger partial charge < -0.3 is 20.7 Å². The average Bonchev–Trinajstić information content (AvgIpc) is 2.78. The van der Waals surface area contributed by atoms with Crippen molar-refractivity contribution in [2.75, 3.05) is 0 Å². The van der Waals surface area contributed by atoms with Gasteiger partial charge in [0, 0.05) is 6.20 Å². The number of primary amides is 1. The average molecular weight is 292 g/mol. The number of amides is 2. The summed E-state index contributed by atoms with van der Waals surface area (Å²) in [5.41, 5.74) is 5.90. The minimum absolute atomic E-state index is 0.129. The molecule has 2 rings (SSSR count). The van der Waals surface area contributed by atoms with Gasteiger partial charge in [0.25, 0.3) is 11.6 Å². The van der Waals surface area contributed by atoms with Gasteiger partial charge >= 0.3 is 5.97 Å². The van der Waals surface area contributed by atoms with Crippen molar-refractivity contribution in [1.82, 2.24) is 15.5 Å². The van der Waals surface area contributed by atoms with E-state index < -0.39 is 30.2 Å². The quantitative estimate of drug-likeness (QED) is 0.678. The summed E-state index contributed by atoms with van der Waals surface area (Å²) in [5.74, 6) is -2.86. The Morgan fingerprint density at radius 1 is 1.48 bits per heavy atom. The van der Waals surface area contributed by atoms with Crippen LogP contribution in [0.1, 0.15) is 22.5 Å². The van der Waals surface area contributed by atoms with Crippen molar-refractivity contribution in [3.63, 3.8) is 0 Å². The van der Waals surface area contributed by atoms with E-state index in [1.165, 1.54) is 12.3 Å². The number of aromatic nitrogens is 2. The van der Waals surface area contributed by atoms with E-state index in [9.17, 15) is 14.4 Å². The molecule has 0 unspecified atom stereocenters. The molecule has 4 N–H and O–H groups in total. The lowest BCUT2D eigenvalue weighted by Gasteiger charge is -2.12. The van der Waals surface area contributed by atoms with Crippen LogP contribution in [0.2, 0.25) is 0 Å². The third-order valence-electron chi connectivity index (χ3n) is 2.78. The van der Waals surface area contributed by atoms with E-state index in [1.807, 2.05) is 0 Å². The molecule has 0 saturated carbocycles. The van der Waals surface area contributed by atoms with Crippen LogP contribution in [0, 0.1) is 6.92 Å². The number of carbonyl (C=O) groups excluding carboxylic acids is 2. The van der Waals surface area contributed by atoms with Crippen molar-refractivity contribution in [3.8, 4) is 0 Å². The van der Waals surface area contributed by atoms with Crippen LogP contribution in [0.25, 0.3) is 11.1 Å². The van der Waals surface area contributed by atoms with E-state index in [-0.39, 0.29) is 11.3 Å². The zero-order chi connectivity index (χ0) is 15.6. The molecule has 2 aromatic heterocycles. The Morgan fingerprint density at radius 3 is 2.81 bits per heavy atom. The maximum absolute atomic E-state index is 12.0. The molecule has 2 heterocycles. The lowest BCUT2D eigenvalue weighted by atomic mass is 10.1. The predicted molar refractivity (Wildman–Crippen MR) is 69.2 cm³/mol. The molecule has 110 valence electrons. The molecule has 0 fully saturated rings. The normalized spacial score (nSPS) is 12.0. The van der Waals surface area contributed by atoms with Crippen molar-refractivity contribution < 1.29 is 24.0 Å². The van der Waals surface area contributed by atoms with Crippen molar-refractivity contribution in [2.45, 2.75) is 19.4 Å². The number of carboxylic acids is 1. The maximum Gasteiger partial charge on any atom is 0.326 e. The third-order valence-corrected chi connectivity index (χ3v) is 2.78. The number of aryl methyl sites for hydroxylation is 1. The molecule has 0 aliphatic rings. The molecule has 0 bridgehead atoms. The Bertz CT molecular complexity index is 724. The number of carbonyl (C=O) groups is 3. The molecule has 0 spiro atoms. The molecule has 0 aromatic carbocycles. The lowest BCUT2D eigenvalue weighted by Crippen LogP contribution is -2.43. The Labute approximate surface area is 118 Å². The van der Waals surface area contributed by atoms with Crippen LogP contribution in [0.4, 0.5) is 0 Å². The van der Waals surface area contributed by atoms with Crippen molar-refractivity contribution in [2.24, 2.45) is 5.73 Å². The van der Waals surface area contributed by atoms with E-state index in [0.29, 0.717) is 11.1 Å². The lowest BCUT2D eigenvalue weighted by molar-refractivity contribution is -0.140. The van der Waals surface area contributed by atoms with Crippen molar-refractivity contribution in [1.29, 1.82) is 0 Å². The van der Waals surface area contributed by atoms with Crippen LogP contribution in [-0.4, -0.2) is 39.1 Å². The molecule has 9 nitrogen and oxygen atoms in total. The van der Waals surface area contributed by atoms with Gasteiger partial charge in [0.2, 0.25) is 5.91 Å². The summed E-state index contributed by atoms with van der Waals surface area (Å²) in [5, 5.41) is 15.4. The summed E-state index contributed by atoms with van der Waals surface area (Å²) in [6.07, 6.45) is 0.731. The number of hydrogen-bond acceptors (Lipinski definition) is 6. The Balaban J connectivity index is 2.22. The molecule has 0 radical (unpaired) electrons. The van der Waals surface area contributed by atoms with E-state index in [0.717, 1.165) is 0 Å². The van der Waals surface area contributed by atoms with Gasteiger partial charge in [0.1, 0.15) is 6.04 Å². The summed E-state index contributed by atoms with van der Waals surface area (Å²) in [6.45, 7) is 1.68. The van der Waals surface area contributed by atoms with Crippen LogP contribution < -0.4 is 11.1 Å². The van der Waals surface area contributed by atoms with Gasteiger partial charge in [-0.1, -0.05) is 5.16 Å². The third kappa shape index (κ3) is 3.14. The van der Waals surface area contributed by atoms with Crippen molar-refractivity contribution in [3.05, 3.63) is 23.5 Å². The molecular weight excluding hydrogens is 280 g/mol. The first-order valence-electron chi connectivity index (χ1n) is 5.92. The highest BCUT2D eigenvalue weighted by Gasteiger charge is 2.23. The molecular formula is C12H12N4O5. The zero-order valence-electron chi connectivity index (χ0n) is 11.0. The van der Waals surface area contributed by atoms with Gasteiger partial charge in [-0.2, -0.15) is 0 Å². The maximum atomic E-state index is 12.0. The molecule has 9 heteroatoms. The summed E-state index contributed by atoms with van der Waals surface area (Å²) in [4.78, 5) is 37.7. The number of aliphatic carboxylic acids is 1. The first-order valence-corrected chi connectivity index (χ1v) is 5.92. The predicted octanol–water partition coefficient (Wildman–Crippen LogP) is -0.410. The Kier molecular flexibility index (Phi) is 3.83. The number of pyridine rings is 1. The standard InChI is InChI=1S/C12H12N4O5/c1-5-7-2-6(4-14-11(7)21-16-5)10(18)15-8(12(19)20)3-9(13)17/h2,4,8H,3H2,1H3,(H2,13,17)(H,15,18)(H,19,20)/t8-/m0/s1. The number of nitrogens with zero attached hydrogens (tertiary/aromatic N) is 2. The van der Waals surface area contributed by atoms with Crippen LogP contribution in [-0.2, 0) is 9.59 Å². The highest BCUT2D eigenvalue weighted by atomic mass is 16.5. The molecule has 0 aliphatic heterocycles. The van der Waals surface area contributed by atoms with Crippen LogP contribution in [0.3, 0.4) is 0 Å². The smallest absolute Gasteiger partial charge is 0.326 e. The van der Waals surface area contributed by atoms with Gasteiger partial charge in [-0.25, -0.2) is 9.78 Å². The van der Waals surface area contributed by atoms with Gasteiger partial charge in [-0.15, -0.1) is 0 Å². The number of nitrogens with two attached hydrogens (primary N) is 1. The molecule has 1 atom stereocenters. The minimum Gasteiger partial charge on any atom is -0.480 e. The number of rotatable bonds is 5. The van der Waals surface area contributed by atoms with Crippen LogP contribution >= 0.6 is 0 Å². The second-order valence-electron chi connectivity index (χ2n) is 4.38. The fourth-order valence-corrected chi connectivity index (χ4v) is 1.71.